The third-order valence-electron chi connectivity index (χ3n) is 2.97. The molecule has 0 spiro atoms. The van der Waals surface area contributed by atoms with Crippen LogP contribution in [0.2, 0.25) is 0 Å². The molecule has 6 heteroatoms. The van der Waals surface area contributed by atoms with Crippen molar-refractivity contribution in [2.45, 2.75) is 13.1 Å². The van der Waals surface area contributed by atoms with Gasteiger partial charge in [-0.3, -0.25) is 14.3 Å². The van der Waals surface area contributed by atoms with Crippen LogP contribution >= 0.6 is 11.9 Å². The summed E-state index contributed by atoms with van der Waals surface area (Å²) < 4.78 is 7.37. The lowest BCUT2D eigenvalue weighted by molar-refractivity contribution is 0.413. The molecule has 1 aliphatic heterocycles. The van der Waals surface area contributed by atoms with Crippen LogP contribution < -0.4 is 9.04 Å². The Hall–Kier alpha value is -2.08. The van der Waals surface area contributed by atoms with Crippen molar-refractivity contribution in [3.05, 3.63) is 47.9 Å². The molecule has 0 radical (unpaired) electrons. The second-order valence-corrected chi connectivity index (χ2v) is 5.16. The van der Waals surface area contributed by atoms with E-state index in [0.717, 1.165) is 22.8 Å². The van der Waals surface area contributed by atoms with Crippen LogP contribution in [0.5, 0.6) is 5.75 Å². The Kier molecular flexibility index (Phi) is 3.56. The van der Waals surface area contributed by atoms with Crippen molar-refractivity contribution in [3.63, 3.8) is 0 Å². The standard InChI is InChI=1S/C14H14N4OS/c1-10-5-7-15-11(8-10)13-17-9-20-18(13)14-12(19-2)4-3-6-16-14/h3-9,13H,1-2H3. The monoisotopic (exact) mass is 286 g/mol. The third kappa shape index (κ3) is 2.34. The molecule has 20 heavy (non-hydrogen) atoms. The maximum atomic E-state index is 5.37. The van der Waals surface area contributed by atoms with Gasteiger partial charge in [0.25, 0.3) is 0 Å². The van der Waals surface area contributed by atoms with Crippen molar-refractivity contribution in [2.24, 2.45) is 4.99 Å². The number of anilines is 1. The van der Waals surface area contributed by atoms with Crippen LogP contribution in [0.3, 0.4) is 0 Å². The van der Waals surface area contributed by atoms with Crippen LogP contribution in [0.4, 0.5) is 5.82 Å². The van der Waals surface area contributed by atoms with Crippen LogP contribution in [0.1, 0.15) is 17.4 Å². The van der Waals surface area contributed by atoms with Crippen LogP contribution in [-0.2, 0) is 0 Å². The second-order valence-electron chi connectivity index (χ2n) is 4.35. The van der Waals surface area contributed by atoms with Gasteiger partial charge in [0, 0.05) is 24.3 Å². The molecule has 0 aromatic carbocycles. The maximum Gasteiger partial charge on any atom is 0.183 e. The number of pyridine rings is 2. The van der Waals surface area contributed by atoms with E-state index in [2.05, 4.69) is 15.0 Å². The first-order chi connectivity index (χ1) is 9.79. The van der Waals surface area contributed by atoms with Crippen molar-refractivity contribution in [2.75, 3.05) is 11.4 Å². The van der Waals surface area contributed by atoms with E-state index in [1.165, 1.54) is 11.9 Å². The number of aliphatic imine (C=N–C) groups is 1. The zero-order chi connectivity index (χ0) is 13.9. The van der Waals surface area contributed by atoms with Gasteiger partial charge in [-0.2, -0.15) is 0 Å². The van der Waals surface area contributed by atoms with Crippen molar-refractivity contribution in [1.29, 1.82) is 0 Å². The maximum absolute atomic E-state index is 5.37. The van der Waals surface area contributed by atoms with E-state index in [9.17, 15) is 0 Å². The molecule has 0 fully saturated rings. The highest BCUT2D eigenvalue weighted by Gasteiger charge is 2.28. The number of methoxy groups -OCH3 is 1. The first-order valence-corrected chi connectivity index (χ1v) is 7.02. The smallest absolute Gasteiger partial charge is 0.183 e. The molecule has 0 bridgehead atoms. The summed E-state index contributed by atoms with van der Waals surface area (Å²) in [5.41, 5.74) is 3.87. The molecule has 0 saturated heterocycles. The van der Waals surface area contributed by atoms with E-state index in [1.807, 2.05) is 41.0 Å². The minimum atomic E-state index is -0.177. The molecule has 0 amide bonds. The highest BCUT2D eigenvalue weighted by Crippen LogP contribution is 2.40. The Balaban J connectivity index is 1.98. The number of ether oxygens (including phenoxy) is 1. The van der Waals surface area contributed by atoms with E-state index in [1.54, 1.807) is 19.5 Å². The van der Waals surface area contributed by atoms with Crippen molar-refractivity contribution in [3.8, 4) is 5.75 Å². The summed E-state index contributed by atoms with van der Waals surface area (Å²) in [7, 11) is 1.64. The van der Waals surface area contributed by atoms with Gasteiger partial charge in [-0.25, -0.2) is 4.98 Å². The summed E-state index contributed by atoms with van der Waals surface area (Å²) in [6, 6.07) is 7.75. The Morgan fingerprint density at radius 1 is 1.25 bits per heavy atom. The Bertz CT molecular complexity index is 647. The number of hydrogen-bond donors (Lipinski definition) is 0. The Morgan fingerprint density at radius 3 is 2.95 bits per heavy atom. The van der Waals surface area contributed by atoms with E-state index < -0.39 is 0 Å². The van der Waals surface area contributed by atoms with Crippen molar-refractivity contribution >= 4 is 23.3 Å². The average Bonchev–Trinajstić information content (AvgIpc) is 2.96. The minimum absolute atomic E-state index is 0.177. The first kappa shape index (κ1) is 12.9. The largest absolute Gasteiger partial charge is 0.493 e. The fourth-order valence-electron chi connectivity index (χ4n) is 2.02. The summed E-state index contributed by atoms with van der Waals surface area (Å²) >= 11 is 1.49. The van der Waals surface area contributed by atoms with E-state index in [4.69, 9.17) is 4.74 Å². The lowest BCUT2D eigenvalue weighted by Crippen LogP contribution is -2.19. The van der Waals surface area contributed by atoms with Crippen LogP contribution in [0.15, 0.2) is 41.7 Å². The van der Waals surface area contributed by atoms with E-state index in [-0.39, 0.29) is 6.17 Å². The molecule has 102 valence electrons. The number of nitrogens with zero attached hydrogens (tertiary/aromatic N) is 4. The van der Waals surface area contributed by atoms with Gasteiger partial charge in [0.05, 0.1) is 18.4 Å². The first-order valence-electron chi connectivity index (χ1n) is 6.19. The zero-order valence-electron chi connectivity index (χ0n) is 11.2. The molecule has 3 rings (SSSR count). The summed E-state index contributed by atoms with van der Waals surface area (Å²) in [4.78, 5) is 13.3. The molecule has 0 saturated carbocycles. The van der Waals surface area contributed by atoms with E-state index in [0.29, 0.717) is 0 Å². The fourth-order valence-corrected chi connectivity index (χ4v) is 2.81. The molecule has 1 atom stereocenters. The normalized spacial score (nSPS) is 17.5. The predicted octanol–water partition coefficient (Wildman–Crippen LogP) is 2.99. The van der Waals surface area contributed by atoms with Gasteiger partial charge in [-0.1, -0.05) is 0 Å². The lowest BCUT2D eigenvalue weighted by atomic mass is 10.2. The van der Waals surface area contributed by atoms with Crippen molar-refractivity contribution < 1.29 is 4.74 Å². The highest BCUT2D eigenvalue weighted by molar-refractivity contribution is 8.13. The Labute approximate surface area is 121 Å². The molecular weight excluding hydrogens is 272 g/mol. The van der Waals surface area contributed by atoms with Gasteiger partial charge in [0.2, 0.25) is 0 Å². The van der Waals surface area contributed by atoms with E-state index >= 15 is 0 Å². The molecule has 0 aliphatic carbocycles. The van der Waals surface area contributed by atoms with Gasteiger partial charge in [0.1, 0.15) is 0 Å². The molecule has 5 nitrogen and oxygen atoms in total. The predicted molar refractivity (Wildman–Crippen MR) is 81.1 cm³/mol. The minimum Gasteiger partial charge on any atom is -0.493 e. The SMILES string of the molecule is COc1cccnc1N1SC=NC1c1cc(C)ccn1. The summed E-state index contributed by atoms with van der Waals surface area (Å²) in [5, 5.41) is 0. The number of hydrogen-bond acceptors (Lipinski definition) is 6. The van der Waals surface area contributed by atoms with Gasteiger partial charge < -0.3 is 4.74 Å². The third-order valence-corrected chi connectivity index (χ3v) is 3.78. The average molecular weight is 286 g/mol. The van der Waals surface area contributed by atoms with Crippen LogP contribution in [-0.4, -0.2) is 22.6 Å². The van der Waals surface area contributed by atoms with Gasteiger partial charge in [-0.15, -0.1) is 0 Å². The summed E-state index contributed by atoms with van der Waals surface area (Å²) in [5.74, 6) is 1.48. The Morgan fingerprint density at radius 2 is 2.15 bits per heavy atom. The van der Waals surface area contributed by atoms with Crippen LogP contribution in [0, 0.1) is 6.92 Å². The molecule has 1 unspecified atom stereocenters. The molecule has 3 heterocycles. The number of aryl methyl sites for hydroxylation is 1. The fraction of sp³-hybridized carbons (Fsp3) is 0.214. The van der Waals surface area contributed by atoms with Gasteiger partial charge >= 0.3 is 0 Å². The van der Waals surface area contributed by atoms with Crippen LogP contribution in [0.25, 0.3) is 0 Å². The van der Waals surface area contributed by atoms with Gasteiger partial charge in [-0.05, 0) is 36.8 Å². The highest BCUT2D eigenvalue weighted by atomic mass is 32.2. The lowest BCUT2D eigenvalue weighted by Gasteiger charge is -2.23. The number of aromatic nitrogens is 2. The molecule has 1 aliphatic rings. The topological polar surface area (TPSA) is 50.6 Å². The summed E-state index contributed by atoms with van der Waals surface area (Å²) in [6.45, 7) is 2.04. The summed E-state index contributed by atoms with van der Waals surface area (Å²) in [6.07, 6.45) is 3.37. The quantitative estimate of drug-likeness (QED) is 0.812. The molecule has 2 aromatic rings. The molecule has 2 aromatic heterocycles. The molecule has 0 N–H and O–H groups in total. The van der Waals surface area contributed by atoms with Gasteiger partial charge in [0.15, 0.2) is 17.7 Å². The molecular formula is C14H14N4OS. The second kappa shape index (κ2) is 5.50. The van der Waals surface area contributed by atoms with Crippen molar-refractivity contribution in [1.82, 2.24) is 9.97 Å². The zero-order valence-corrected chi connectivity index (χ0v) is 12.0. The number of rotatable bonds is 3.